The zero-order chi connectivity index (χ0) is 20.4. The maximum atomic E-state index is 12.4. The molecule has 3 aromatic rings. The van der Waals surface area contributed by atoms with Crippen molar-refractivity contribution < 1.29 is 19.1 Å². The van der Waals surface area contributed by atoms with Gasteiger partial charge in [-0.15, -0.1) is 11.3 Å². The number of fused-ring (bicyclic) bond motifs is 1. The van der Waals surface area contributed by atoms with E-state index in [9.17, 15) is 9.59 Å². The van der Waals surface area contributed by atoms with Gasteiger partial charge in [-0.25, -0.2) is 19.6 Å². The fourth-order valence-corrected chi connectivity index (χ4v) is 4.49. The Bertz CT molecular complexity index is 1060. The Morgan fingerprint density at radius 1 is 1.18 bits per heavy atom. The number of anilines is 2. The summed E-state index contributed by atoms with van der Waals surface area (Å²) in [4.78, 5) is 34.1. The molecule has 0 atom stereocenters. The normalized spacial score (nSPS) is 10.9. The number of carbonyl (C=O) groups excluding carboxylic acids is 2. The number of nitrogens with one attached hydrogen (secondary N) is 1. The monoisotopic (exact) mass is 421 g/mol. The predicted octanol–water partition coefficient (Wildman–Crippen LogP) is 2.92. The molecule has 0 fully saturated rings. The number of nitrogens with two attached hydrogens (primary N) is 1. The number of esters is 2. The second-order valence-electron chi connectivity index (χ2n) is 5.78. The summed E-state index contributed by atoms with van der Waals surface area (Å²) >= 11 is 2.36. The molecule has 0 radical (unpaired) electrons. The summed E-state index contributed by atoms with van der Waals surface area (Å²) in [6, 6.07) is 0. The molecule has 0 unspecified atom stereocenters. The number of hydrogen-bond donors (Lipinski definition) is 2. The van der Waals surface area contributed by atoms with E-state index >= 15 is 0 Å². The predicted molar refractivity (Wildman–Crippen MR) is 108 cm³/mol. The van der Waals surface area contributed by atoms with E-state index in [0.29, 0.717) is 36.9 Å². The summed E-state index contributed by atoms with van der Waals surface area (Å²) in [7, 11) is 1.71. The van der Waals surface area contributed by atoms with Crippen LogP contribution in [0.3, 0.4) is 0 Å². The summed E-state index contributed by atoms with van der Waals surface area (Å²) in [6.07, 6.45) is 0. The number of nitrogens with zero attached hydrogens (tertiary/aromatic N) is 3. The molecular weight excluding hydrogens is 402 g/mol. The van der Waals surface area contributed by atoms with Gasteiger partial charge < -0.3 is 20.5 Å². The van der Waals surface area contributed by atoms with Crippen LogP contribution in [-0.2, 0) is 16.1 Å². The molecule has 28 heavy (non-hydrogen) atoms. The first kappa shape index (κ1) is 20.0. The van der Waals surface area contributed by atoms with Crippen LogP contribution >= 0.6 is 22.9 Å². The van der Waals surface area contributed by atoms with Crippen LogP contribution in [0.4, 0.5) is 10.8 Å². The molecule has 0 aliphatic rings. The van der Waals surface area contributed by atoms with Gasteiger partial charge in [-0.3, -0.25) is 0 Å². The van der Waals surface area contributed by atoms with E-state index in [1.165, 1.54) is 22.9 Å². The van der Waals surface area contributed by atoms with Crippen molar-refractivity contribution in [2.45, 2.75) is 27.4 Å². The molecule has 0 aliphatic heterocycles. The van der Waals surface area contributed by atoms with Crippen molar-refractivity contribution in [1.82, 2.24) is 14.3 Å². The van der Waals surface area contributed by atoms with Gasteiger partial charge in [-0.2, -0.15) is 4.37 Å². The van der Waals surface area contributed by atoms with Crippen LogP contribution in [0.25, 0.3) is 10.2 Å². The molecule has 0 aliphatic carbocycles. The zero-order valence-electron chi connectivity index (χ0n) is 15.8. The Kier molecular flexibility index (Phi) is 5.75. The molecule has 0 aromatic carbocycles. The lowest BCUT2D eigenvalue weighted by atomic mass is 10.2. The first-order chi connectivity index (χ1) is 13.4. The maximum absolute atomic E-state index is 12.4. The summed E-state index contributed by atoms with van der Waals surface area (Å²) in [5.41, 5.74) is 7.71. The number of rotatable bonds is 6. The van der Waals surface area contributed by atoms with Crippen molar-refractivity contribution >= 4 is 55.8 Å². The standard InChI is InChI=1S/C17H19N5O4S2/c1-5-25-17(24)12-7(2)10-13(18)20-9(21-15(10)27-12)6-26-16(23)11-8(3)22-28-14(11)19-4/h19H,5-6H2,1-4H3,(H2,18,20,21). The minimum absolute atomic E-state index is 0.150. The topological polar surface area (TPSA) is 129 Å². The summed E-state index contributed by atoms with van der Waals surface area (Å²) in [5.74, 6) is -0.464. The minimum atomic E-state index is -0.521. The van der Waals surface area contributed by atoms with Gasteiger partial charge in [-0.05, 0) is 37.9 Å². The van der Waals surface area contributed by atoms with Crippen LogP contribution in [0, 0.1) is 13.8 Å². The third-order valence-electron chi connectivity index (χ3n) is 3.95. The van der Waals surface area contributed by atoms with E-state index in [4.69, 9.17) is 15.2 Å². The number of thiophene rings is 1. The Morgan fingerprint density at radius 2 is 1.93 bits per heavy atom. The highest BCUT2D eigenvalue weighted by molar-refractivity contribution is 7.20. The first-order valence-electron chi connectivity index (χ1n) is 8.41. The van der Waals surface area contributed by atoms with Gasteiger partial charge in [0, 0.05) is 7.05 Å². The number of ether oxygens (including phenoxy) is 2. The number of hydrogen-bond acceptors (Lipinski definition) is 11. The number of carbonyl (C=O) groups is 2. The molecule has 0 spiro atoms. The first-order valence-corrected chi connectivity index (χ1v) is 10.00. The van der Waals surface area contributed by atoms with Crippen LogP contribution in [0.1, 0.15) is 44.0 Å². The Hall–Kier alpha value is -2.79. The fraction of sp³-hybridized carbons (Fsp3) is 0.353. The summed E-state index contributed by atoms with van der Waals surface area (Å²) in [6.45, 7) is 5.38. The Morgan fingerprint density at radius 3 is 2.61 bits per heavy atom. The lowest BCUT2D eigenvalue weighted by Crippen LogP contribution is -2.10. The molecule has 0 saturated carbocycles. The van der Waals surface area contributed by atoms with E-state index in [2.05, 4.69) is 19.7 Å². The molecule has 0 saturated heterocycles. The molecule has 0 bridgehead atoms. The van der Waals surface area contributed by atoms with E-state index in [-0.39, 0.29) is 24.9 Å². The molecule has 11 heteroatoms. The molecule has 3 rings (SSSR count). The van der Waals surface area contributed by atoms with Gasteiger partial charge in [0.25, 0.3) is 0 Å². The maximum Gasteiger partial charge on any atom is 0.348 e. The molecule has 148 valence electrons. The lowest BCUT2D eigenvalue weighted by Gasteiger charge is -2.06. The third kappa shape index (κ3) is 3.62. The number of nitrogen functional groups attached to an aromatic ring is 1. The highest BCUT2D eigenvalue weighted by Gasteiger charge is 2.22. The van der Waals surface area contributed by atoms with Gasteiger partial charge in [0.1, 0.15) is 26.1 Å². The second-order valence-corrected chi connectivity index (χ2v) is 7.55. The zero-order valence-corrected chi connectivity index (χ0v) is 17.4. The lowest BCUT2D eigenvalue weighted by molar-refractivity contribution is 0.0462. The van der Waals surface area contributed by atoms with Gasteiger partial charge >= 0.3 is 11.9 Å². The van der Waals surface area contributed by atoms with Gasteiger partial charge in [0.05, 0.1) is 17.7 Å². The largest absolute Gasteiger partial charge is 0.462 e. The molecule has 3 aromatic heterocycles. The highest BCUT2D eigenvalue weighted by atomic mass is 32.1. The van der Waals surface area contributed by atoms with E-state index in [1.807, 2.05) is 0 Å². The average molecular weight is 422 g/mol. The van der Waals surface area contributed by atoms with Crippen molar-refractivity contribution in [3.8, 4) is 0 Å². The summed E-state index contributed by atoms with van der Waals surface area (Å²) in [5, 5.41) is 4.16. The van der Waals surface area contributed by atoms with Crippen molar-refractivity contribution in [3.63, 3.8) is 0 Å². The molecule has 0 amide bonds. The van der Waals surface area contributed by atoms with Crippen molar-refractivity contribution in [3.05, 3.63) is 27.5 Å². The van der Waals surface area contributed by atoms with Crippen LogP contribution in [0.5, 0.6) is 0 Å². The minimum Gasteiger partial charge on any atom is -0.462 e. The molecular formula is C17H19N5O4S2. The van der Waals surface area contributed by atoms with Crippen molar-refractivity contribution in [2.75, 3.05) is 24.7 Å². The second kappa shape index (κ2) is 8.07. The Labute approximate surface area is 169 Å². The van der Waals surface area contributed by atoms with E-state index in [1.54, 1.807) is 27.8 Å². The van der Waals surface area contributed by atoms with Crippen molar-refractivity contribution in [1.29, 1.82) is 0 Å². The van der Waals surface area contributed by atoms with Crippen LogP contribution in [0.2, 0.25) is 0 Å². The fourth-order valence-electron chi connectivity index (χ4n) is 2.65. The van der Waals surface area contributed by atoms with Gasteiger partial charge in [0.15, 0.2) is 12.4 Å². The quantitative estimate of drug-likeness (QED) is 0.577. The molecule has 3 N–H and O–H groups in total. The van der Waals surface area contributed by atoms with Gasteiger partial charge in [0.2, 0.25) is 0 Å². The SMILES string of the molecule is CCOC(=O)c1sc2nc(COC(=O)c3c(C)nsc3NC)nc(N)c2c1C. The Balaban J connectivity index is 1.85. The van der Waals surface area contributed by atoms with Crippen LogP contribution in [-0.4, -0.2) is 39.9 Å². The van der Waals surface area contributed by atoms with Crippen molar-refractivity contribution in [2.24, 2.45) is 0 Å². The third-order valence-corrected chi connectivity index (χ3v) is 6.07. The smallest absolute Gasteiger partial charge is 0.348 e. The van der Waals surface area contributed by atoms with E-state index < -0.39 is 11.9 Å². The highest BCUT2D eigenvalue weighted by Crippen LogP contribution is 2.33. The summed E-state index contributed by atoms with van der Waals surface area (Å²) < 4.78 is 14.6. The van der Waals surface area contributed by atoms with Gasteiger partial charge in [-0.1, -0.05) is 0 Å². The average Bonchev–Trinajstić information content (AvgIpc) is 3.20. The van der Waals surface area contributed by atoms with Crippen LogP contribution < -0.4 is 11.1 Å². The molecule has 9 nitrogen and oxygen atoms in total. The number of aryl methyl sites for hydroxylation is 2. The number of aromatic nitrogens is 3. The van der Waals surface area contributed by atoms with E-state index in [0.717, 1.165) is 0 Å². The van der Waals surface area contributed by atoms with Crippen LogP contribution in [0.15, 0.2) is 0 Å². The molecule has 3 heterocycles.